The minimum atomic E-state index is -0.0178. The fraction of sp³-hybridized carbons (Fsp3) is 0.476. The molecule has 6 heteroatoms. The van der Waals surface area contributed by atoms with Gasteiger partial charge in [0.25, 0.3) is 5.91 Å². The van der Waals surface area contributed by atoms with Gasteiger partial charge in [-0.25, -0.2) is 0 Å². The van der Waals surface area contributed by atoms with Crippen LogP contribution in [0.3, 0.4) is 0 Å². The summed E-state index contributed by atoms with van der Waals surface area (Å²) in [6, 6.07) is 11.5. The van der Waals surface area contributed by atoms with Gasteiger partial charge in [0, 0.05) is 18.3 Å². The summed E-state index contributed by atoms with van der Waals surface area (Å²) in [7, 11) is 0. The Bertz CT molecular complexity index is 744. The van der Waals surface area contributed by atoms with Crippen LogP contribution in [0.1, 0.15) is 56.9 Å². The van der Waals surface area contributed by atoms with E-state index in [0.717, 1.165) is 37.2 Å². The summed E-state index contributed by atoms with van der Waals surface area (Å²) in [5.74, 6) is 1.42. The Morgan fingerprint density at radius 3 is 2.59 bits per heavy atom. The van der Waals surface area contributed by atoms with Gasteiger partial charge in [-0.3, -0.25) is 4.79 Å². The lowest BCUT2D eigenvalue weighted by atomic mass is 9.99. The second kappa shape index (κ2) is 8.84. The molecule has 6 nitrogen and oxygen atoms in total. The maximum absolute atomic E-state index is 12.8. The van der Waals surface area contributed by atoms with Gasteiger partial charge >= 0.3 is 0 Å². The minimum Gasteiger partial charge on any atom is -0.491 e. The van der Waals surface area contributed by atoms with Crippen molar-refractivity contribution < 1.29 is 9.53 Å². The fourth-order valence-electron chi connectivity index (χ4n) is 3.39. The highest BCUT2D eigenvalue weighted by molar-refractivity contribution is 5.92. The summed E-state index contributed by atoms with van der Waals surface area (Å²) >= 11 is 0. The van der Waals surface area contributed by atoms with Crippen molar-refractivity contribution in [1.82, 2.24) is 15.1 Å². The zero-order valence-corrected chi connectivity index (χ0v) is 16.3. The van der Waals surface area contributed by atoms with Crippen LogP contribution in [-0.2, 0) is 0 Å². The third-order valence-corrected chi connectivity index (χ3v) is 4.74. The highest BCUT2D eigenvalue weighted by Crippen LogP contribution is 2.22. The number of ether oxygens (including phenoxy) is 1. The van der Waals surface area contributed by atoms with Gasteiger partial charge in [0.2, 0.25) is 0 Å². The molecule has 1 amide bonds. The molecule has 1 N–H and O–H groups in total. The van der Waals surface area contributed by atoms with Gasteiger partial charge in [-0.2, -0.15) is 0 Å². The molecular formula is C21H28N4O2. The van der Waals surface area contributed by atoms with Gasteiger partial charge in [0.1, 0.15) is 5.75 Å². The number of piperidine rings is 1. The molecule has 0 radical (unpaired) electrons. The van der Waals surface area contributed by atoms with Crippen LogP contribution >= 0.6 is 0 Å². The van der Waals surface area contributed by atoms with Crippen LogP contribution in [0.5, 0.6) is 5.75 Å². The lowest BCUT2D eigenvalue weighted by Crippen LogP contribution is -2.43. The van der Waals surface area contributed by atoms with Crippen molar-refractivity contribution in [1.29, 1.82) is 0 Å². The van der Waals surface area contributed by atoms with Crippen molar-refractivity contribution >= 4 is 17.4 Å². The number of likely N-dealkylation sites (tertiary alicyclic amines) is 1. The first-order valence-corrected chi connectivity index (χ1v) is 9.75. The summed E-state index contributed by atoms with van der Waals surface area (Å²) in [6.07, 6.45) is 4.46. The molecule has 1 aromatic heterocycles. The van der Waals surface area contributed by atoms with E-state index < -0.39 is 0 Å². The number of carbonyl (C=O) groups is 1. The highest BCUT2D eigenvalue weighted by Gasteiger charge is 2.27. The number of carbonyl (C=O) groups excluding carboxylic acids is 1. The summed E-state index contributed by atoms with van der Waals surface area (Å²) < 4.78 is 5.64. The third-order valence-electron chi connectivity index (χ3n) is 4.74. The maximum Gasteiger partial charge on any atom is 0.274 e. The van der Waals surface area contributed by atoms with Gasteiger partial charge in [-0.1, -0.05) is 6.92 Å². The maximum atomic E-state index is 12.8. The van der Waals surface area contributed by atoms with Crippen LogP contribution in [-0.4, -0.2) is 39.7 Å². The summed E-state index contributed by atoms with van der Waals surface area (Å²) in [6.45, 7) is 6.94. The number of hydrogen-bond acceptors (Lipinski definition) is 5. The van der Waals surface area contributed by atoms with Gasteiger partial charge in [0.15, 0.2) is 11.5 Å². The summed E-state index contributed by atoms with van der Waals surface area (Å²) in [4.78, 5) is 14.7. The van der Waals surface area contributed by atoms with E-state index in [2.05, 4.69) is 22.4 Å². The second-order valence-corrected chi connectivity index (χ2v) is 7.18. The molecule has 1 saturated heterocycles. The van der Waals surface area contributed by atoms with E-state index >= 15 is 0 Å². The number of anilines is 2. The smallest absolute Gasteiger partial charge is 0.274 e. The highest BCUT2D eigenvalue weighted by atomic mass is 16.5. The second-order valence-electron chi connectivity index (χ2n) is 7.18. The molecule has 1 aliphatic heterocycles. The van der Waals surface area contributed by atoms with E-state index in [1.165, 1.54) is 6.42 Å². The molecule has 27 heavy (non-hydrogen) atoms. The van der Waals surface area contributed by atoms with Crippen molar-refractivity contribution in [3.05, 3.63) is 42.1 Å². The largest absolute Gasteiger partial charge is 0.491 e. The molecule has 1 aromatic carbocycles. The Balaban J connectivity index is 1.63. The normalized spacial score (nSPS) is 17.0. The molecule has 1 unspecified atom stereocenters. The Labute approximate surface area is 160 Å². The molecule has 1 fully saturated rings. The van der Waals surface area contributed by atoms with Crippen molar-refractivity contribution in [3.63, 3.8) is 0 Å². The van der Waals surface area contributed by atoms with Crippen LogP contribution in [0.4, 0.5) is 11.5 Å². The van der Waals surface area contributed by atoms with Crippen LogP contribution in [0, 0.1) is 0 Å². The molecule has 2 heterocycles. The molecule has 0 aliphatic carbocycles. The van der Waals surface area contributed by atoms with E-state index in [0.29, 0.717) is 17.6 Å². The first-order valence-electron chi connectivity index (χ1n) is 9.75. The average molecular weight is 368 g/mol. The average Bonchev–Trinajstić information content (AvgIpc) is 2.69. The predicted octanol–water partition coefficient (Wildman–Crippen LogP) is 4.41. The number of rotatable bonds is 6. The Hall–Kier alpha value is -2.63. The minimum absolute atomic E-state index is 0.0178. The monoisotopic (exact) mass is 368 g/mol. The first-order chi connectivity index (χ1) is 13.1. The van der Waals surface area contributed by atoms with Gasteiger partial charge < -0.3 is 15.0 Å². The molecule has 1 atom stereocenters. The topological polar surface area (TPSA) is 67.4 Å². The summed E-state index contributed by atoms with van der Waals surface area (Å²) in [5, 5.41) is 11.5. The predicted molar refractivity (Wildman–Crippen MR) is 106 cm³/mol. The fourth-order valence-corrected chi connectivity index (χ4v) is 3.39. The number of nitrogens with one attached hydrogen (secondary N) is 1. The molecular weight excluding hydrogens is 340 g/mol. The SMILES string of the molecule is CCC1CCCCN1C(=O)c1ccc(Nc2ccc(OC(C)C)cc2)nn1. The Kier molecular flexibility index (Phi) is 6.27. The quantitative estimate of drug-likeness (QED) is 0.818. The third kappa shape index (κ3) is 4.96. The first kappa shape index (κ1) is 19.1. The molecule has 3 rings (SSSR count). The lowest BCUT2D eigenvalue weighted by molar-refractivity contribution is 0.0601. The molecule has 2 aromatic rings. The van der Waals surface area contributed by atoms with Crippen molar-refractivity contribution in [3.8, 4) is 5.75 Å². The van der Waals surface area contributed by atoms with Crippen molar-refractivity contribution in [2.75, 3.05) is 11.9 Å². The van der Waals surface area contributed by atoms with Crippen LogP contribution in [0.2, 0.25) is 0 Å². The molecule has 0 saturated carbocycles. The van der Waals surface area contributed by atoms with Crippen LogP contribution in [0.25, 0.3) is 0 Å². The van der Waals surface area contributed by atoms with Gasteiger partial charge in [-0.15, -0.1) is 10.2 Å². The van der Waals surface area contributed by atoms with Crippen LogP contribution in [0.15, 0.2) is 36.4 Å². The Morgan fingerprint density at radius 2 is 1.96 bits per heavy atom. The number of nitrogens with zero attached hydrogens (tertiary/aromatic N) is 3. The zero-order valence-electron chi connectivity index (χ0n) is 16.3. The number of hydrogen-bond donors (Lipinski definition) is 1. The molecule has 0 bridgehead atoms. The number of benzene rings is 1. The Morgan fingerprint density at radius 1 is 1.19 bits per heavy atom. The lowest BCUT2D eigenvalue weighted by Gasteiger charge is -2.34. The van der Waals surface area contributed by atoms with Gasteiger partial charge in [0.05, 0.1) is 6.10 Å². The molecule has 144 valence electrons. The molecule has 0 spiro atoms. The standard InChI is InChI=1S/C21H28N4O2/c1-4-17-7-5-6-14-25(17)21(26)19-12-13-20(24-23-19)22-16-8-10-18(11-9-16)27-15(2)3/h8-13,15,17H,4-7,14H2,1-3H3,(H,22,24). The van der Waals surface area contributed by atoms with E-state index in [-0.39, 0.29) is 12.0 Å². The number of amides is 1. The molecule has 1 aliphatic rings. The van der Waals surface area contributed by atoms with E-state index in [1.54, 1.807) is 12.1 Å². The van der Waals surface area contributed by atoms with Gasteiger partial charge in [-0.05, 0) is 75.9 Å². The van der Waals surface area contributed by atoms with E-state index in [1.807, 2.05) is 43.0 Å². The van der Waals surface area contributed by atoms with Crippen molar-refractivity contribution in [2.24, 2.45) is 0 Å². The zero-order chi connectivity index (χ0) is 19.2. The van der Waals surface area contributed by atoms with Crippen LogP contribution < -0.4 is 10.1 Å². The van der Waals surface area contributed by atoms with E-state index in [9.17, 15) is 4.79 Å². The van der Waals surface area contributed by atoms with Crippen molar-refractivity contribution in [2.45, 2.75) is 58.6 Å². The number of aromatic nitrogens is 2. The van der Waals surface area contributed by atoms with E-state index in [4.69, 9.17) is 4.74 Å². The summed E-state index contributed by atoms with van der Waals surface area (Å²) in [5.41, 5.74) is 1.29.